The van der Waals surface area contributed by atoms with Crippen molar-refractivity contribution in [1.29, 1.82) is 0 Å². The Hall–Kier alpha value is -5.56. The van der Waals surface area contributed by atoms with Gasteiger partial charge < -0.3 is 50.0 Å². The molecule has 0 aromatic heterocycles. The molecule has 220 valence electrons. The zero-order chi connectivity index (χ0) is 30.4. The smallest absolute Gasteiger partial charge is 0.279 e. The largest absolute Gasteiger partial charge is 0.507 e. The third-order valence-electron chi connectivity index (χ3n) is 8.16. The second kappa shape index (κ2) is 8.97. The molecule has 43 heavy (non-hydrogen) atoms. The second-order valence-corrected chi connectivity index (χ2v) is 10.7. The number of nitro benzene ring substituents is 1. The van der Waals surface area contributed by atoms with Gasteiger partial charge in [-0.25, -0.2) is 0 Å². The summed E-state index contributed by atoms with van der Waals surface area (Å²) in [5, 5.41) is 84.1. The molecule has 4 atom stereocenters. The summed E-state index contributed by atoms with van der Waals surface area (Å²) in [4.78, 5) is 11.1. The minimum absolute atomic E-state index is 0.0361. The van der Waals surface area contributed by atoms with Crippen LogP contribution in [-0.2, 0) is 12.2 Å². The number of non-ortho nitro benzene ring substituents is 1. The average Bonchev–Trinajstić information content (AvgIpc) is 2.96. The Morgan fingerprint density at radius 3 is 2.23 bits per heavy atom. The Morgan fingerprint density at radius 2 is 1.53 bits per heavy atom. The molecule has 0 aliphatic carbocycles. The Labute approximate surface area is 241 Å². The lowest BCUT2D eigenvalue weighted by atomic mass is 9.76. The first-order chi connectivity index (χ1) is 20.5. The zero-order valence-electron chi connectivity index (χ0n) is 22.0. The van der Waals surface area contributed by atoms with Gasteiger partial charge in [-0.3, -0.25) is 10.1 Å². The second-order valence-electron chi connectivity index (χ2n) is 10.7. The summed E-state index contributed by atoms with van der Waals surface area (Å²) in [6.45, 7) is 0. The molecule has 0 saturated carbocycles. The number of rotatable bonds is 3. The van der Waals surface area contributed by atoms with Crippen molar-refractivity contribution in [3.05, 3.63) is 92.5 Å². The Morgan fingerprint density at radius 1 is 0.814 bits per heavy atom. The summed E-state index contributed by atoms with van der Waals surface area (Å²) < 4.78 is 19.0. The number of aromatic hydroxyl groups is 6. The third kappa shape index (κ3) is 3.89. The highest BCUT2D eigenvalue weighted by Gasteiger charge is 2.53. The lowest BCUT2D eigenvalue weighted by molar-refractivity contribution is -0.385. The van der Waals surface area contributed by atoms with E-state index in [-0.39, 0.29) is 58.4 Å². The molecule has 3 aliphatic rings. The quantitative estimate of drug-likeness (QED) is 0.103. The number of phenolic OH excluding ortho intramolecular Hbond substituents is 6. The van der Waals surface area contributed by atoms with Crippen molar-refractivity contribution in [1.82, 2.24) is 0 Å². The van der Waals surface area contributed by atoms with Gasteiger partial charge in [-0.15, -0.1) is 0 Å². The molecule has 3 aliphatic heterocycles. The van der Waals surface area contributed by atoms with Crippen LogP contribution in [0.2, 0.25) is 0 Å². The molecule has 0 unspecified atom stereocenters. The summed E-state index contributed by atoms with van der Waals surface area (Å²) >= 11 is 0. The summed E-state index contributed by atoms with van der Waals surface area (Å²) in [5.41, 5.74) is 1.33. The van der Waals surface area contributed by atoms with Gasteiger partial charge in [-0.1, -0.05) is 6.07 Å². The van der Waals surface area contributed by atoms with Crippen molar-refractivity contribution in [2.75, 3.05) is 0 Å². The molecule has 7 rings (SSSR count). The van der Waals surface area contributed by atoms with E-state index in [2.05, 4.69) is 0 Å². The molecular formula is C30H23NO12. The van der Waals surface area contributed by atoms with Crippen LogP contribution in [0.15, 0.2) is 54.6 Å². The van der Waals surface area contributed by atoms with E-state index >= 15 is 0 Å². The lowest BCUT2D eigenvalue weighted by Gasteiger charge is -2.47. The van der Waals surface area contributed by atoms with Crippen LogP contribution < -0.4 is 14.2 Å². The van der Waals surface area contributed by atoms with E-state index in [1.54, 1.807) is 0 Å². The average molecular weight is 590 g/mol. The van der Waals surface area contributed by atoms with Crippen molar-refractivity contribution >= 4 is 5.69 Å². The molecule has 7 N–H and O–H groups in total. The maximum Gasteiger partial charge on any atom is 0.279 e. The van der Waals surface area contributed by atoms with Crippen LogP contribution in [0.5, 0.6) is 51.7 Å². The Balaban J connectivity index is 1.44. The molecule has 4 aromatic rings. The first-order valence-electron chi connectivity index (χ1n) is 13.1. The summed E-state index contributed by atoms with van der Waals surface area (Å²) in [7, 11) is 0. The molecule has 4 aromatic carbocycles. The van der Waals surface area contributed by atoms with Gasteiger partial charge in [0.15, 0.2) is 28.7 Å². The van der Waals surface area contributed by atoms with Gasteiger partial charge in [0.1, 0.15) is 29.1 Å². The van der Waals surface area contributed by atoms with Crippen LogP contribution in [0.25, 0.3) is 0 Å². The number of benzene rings is 4. The van der Waals surface area contributed by atoms with E-state index < -0.39 is 51.8 Å². The maximum absolute atomic E-state index is 11.7. The van der Waals surface area contributed by atoms with Gasteiger partial charge in [-0.05, 0) is 35.9 Å². The standard InChI is InChI=1S/C30H23NO12/c32-18-3-1-12(5-20(18)34)28-23(37)9-16-19(33)10-25-26(29(16)41-28)17-11-30(43-25,13-6-21(35)27(38)22(36)7-13)42-24-4-2-14(31(39)40)8-15(17)24/h1-8,10,17,23,28,32-38H,9,11H2/t17-,23-,28-,30-/m1/s1. The molecule has 2 bridgehead atoms. The van der Waals surface area contributed by atoms with Gasteiger partial charge in [-0.2, -0.15) is 0 Å². The normalized spacial score (nSPS) is 23.0. The molecule has 0 fully saturated rings. The van der Waals surface area contributed by atoms with E-state index in [1.165, 1.54) is 42.5 Å². The van der Waals surface area contributed by atoms with E-state index in [0.29, 0.717) is 16.7 Å². The summed E-state index contributed by atoms with van der Waals surface area (Å²) in [6.07, 6.45) is -2.29. The number of fused-ring (bicyclic) bond motifs is 8. The summed E-state index contributed by atoms with van der Waals surface area (Å²) in [6, 6.07) is 11.6. The Kier molecular flexibility index (Phi) is 5.49. The fraction of sp³-hybridized carbons (Fsp3) is 0.200. The number of aliphatic hydroxyl groups excluding tert-OH is 1. The number of nitro groups is 1. The highest BCUT2D eigenvalue weighted by molar-refractivity contribution is 5.66. The number of phenols is 6. The van der Waals surface area contributed by atoms with E-state index in [9.17, 15) is 45.9 Å². The zero-order valence-corrected chi connectivity index (χ0v) is 22.0. The molecule has 0 amide bonds. The molecule has 3 heterocycles. The van der Waals surface area contributed by atoms with Crippen LogP contribution in [-0.4, -0.2) is 46.8 Å². The third-order valence-corrected chi connectivity index (χ3v) is 8.16. The van der Waals surface area contributed by atoms with Crippen molar-refractivity contribution < 1.29 is 54.9 Å². The molecule has 0 saturated heterocycles. The maximum atomic E-state index is 11.7. The topological polar surface area (TPSA) is 212 Å². The van der Waals surface area contributed by atoms with Crippen molar-refractivity contribution in [2.24, 2.45) is 0 Å². The lowest BCUT2D eigenvalue weighted by Crippen LogP contribution is -2.47. The SMILES string of the molecule is O=[N+]([O-])c1ccc2c(c1)[C@H]1C[C@@](c3cc(O)c(O)c(O)c3)(O2)Oc2cc(O)c3c(c21)O[C@H](c1ccc(O)c(O)c1)[C@H](O)C3. The fourth-order valence-corrected chi connectivity index (χ4v) is 6.13. The minimum Gasteiger partial charge on any atom is -0.507 e. The number of nitrogens with zero attached hydrogens (tertiary/aromatic N) is 1. The summed E-state index contributed by atoms with van der Waals surface area (Å²) in [5.74, 6) is -5.08. The number of hydrogen-bond acceptors (Lipinski definition) is 12. The van der Waals surface area contributed by atoms with Crippen molar-refractivity contribution in [3.8, 4) is 51.7 Å². The number of hydrogen-bond donors (Lipinski definition) is 7. The highest BCUT2D eigenvalue weighted by atomic mass is 16.7. The minimum atomic E-state index is -1.72. The first-order valence-corrected chi connectivity index (χ1v) is 13.1. The first kappa shape index (κ1) is 26.3. The van der Waals surface area contributed by atoms with Crippen LogP contribution in [0, 0.1) is 10.1 Å². The van der Waals surface area contributed by atoms with Gasteiger partial charge in [0.05, 0.1) is 11.0 Å². The molecule has 0 spiro atoms. The van der Waals surface area contributed by atoms with Crippen molar-refractivity contribution in [3.63, 3.8) is 0 Å². The number of aliphatic hydroxyl groups is 1. The molecule has 0 radical (unpaired) electrons. The predicted molar refractivity (Wildman–Crippen MR) is 145 cm³/mol. The molecular weight excluding hydrogens is 566 g/mol. The van der Waals surface area contributed by atoms with Gasteiger partial charge in [0.2, 0.25) is 0 Å². The van der Waals surface area contributed by atoms with Crippen LogP contribution in [0.4, 0.5) is 5.69 Å². The van der Waals surface area contributed by atoms with Crippen molar-refractivity contribution in [2.45, 2.75) is 36.8 Å². The molecule has 13 nitrogen and oxygen atoms in total. The van der Waals surface area contributed by atoms with Crippen LogP contribution >= 0.6 is 0 Å². The monoisotopic (exact) mass is 589 g/mol. The van der Waals surface area contributed by atoms with E-state index in [4.69, 9.17) is 14.2 Å². The number of ether oxygens (including phenoxy) is 3. The highest BCUT2D eigenvalue weighted by Crippen LogP contribution is 2.61. The Bertz CT molecular complexity index is 1830. The van der Waals surface area contributed by atoms with E-state index in [0.717, 1.165) is 12.1 Å². The van der Waals surface area contributed by atoms with E-state index in [1.807, 2.05) is 0 Å². The fourth-order valence-electron chi connectivity index (χ4n) is 6.13. The predicted octanol–water partition coefficient (Wildman–Crippen LogP) is 4.03. The van der Waals surface area contributed by atoms with Crippen LogP contribution in [0.1, 0.15) is 46.3 Å². The van der Waals surface area contributed by atoms with Gasteiger partial charge in [0.25, 0.3) is 11.5 Å². The van der Waals surface area contributed by atoms with Gasteiger partial charge in [0, 0.05) is 59.2 Å². The molecule has 13 heteroatoms. The van der Waals surface area contributed by atoms with Gasteiger partial charge >= 0.3 is 0 Å². The van der Waals surface area contributed by atoms with Crippen LogP contribution in [0.3, 0.4) is 0 Å².